The monoisotopic (exact) mass is 520 g/mol. The molecule has 6 nitrogen and oxygen atoms in total. The fraction of sp³-hybridized carbons (Fsp3) is 0. The minimum atomic E-state index is -0.533. The highest BCUT2D eigenvalue weighted by Crippen LogP contribution is 2.28. The summed E-state index contributed by atoms with van der Waals surface area (Å²) in [6.07, 6.45) is 0. The minimum absolute atomic E-state index is 0.103. The largest absolute Gasteiger partial charge is 0.268 e. The third-order valence-electron chi connectivity index (χ3n) is 7.35. The van der Waals surface area contributed by atoms with Crippen LogP contribution in [0.5, 0.6) is 0 Å². The highest BCUT2D eigenvalue weighted by molar-refractivity contribution is 5.98. The smallest absolute Gasteiger partial charge is 0.266 e. The average Bonchev–Trinajstić information content (AvgIpc) is 3.40. The first-order valence-electron chi connectivity index (χ1n) is 12.8. The maximum Gasteiger partial charge on any atom is 0.266 e. The predicted molar refractivity (Wildman–Crippen MR) is 158 cm³/mol. The minimum Gasteiger partial charge on any atom is -0.268 e. The van der Waals surface area contributed by atoms with E-state index < -0.39 is 22.2 Å². The Morgan fingerprint density at radius 3 is 1.00 bits per heavy atom. The van der Waals surface area contributed by atoms with Crippen LogP contribution in [-0.4, -0.2) is 9.13 Å². The quantitative estimate of drug-likeness (QED) is 0.319. The van der Waals surface area contributed by atoms with Crippen LogP contribution < -0.4 is 22.2 Å². The first kappa shape index (κ1) is 23.5. The molecule has 0 aliphatic carbocycles. The molecule has 2 aromatic heterocycles. The molecule has 5 aromatic carbocycles. The first-order chi connectivity index (χ1) is 19.5. The lowest BCUT2D eigenvalue weighted by molar-refractivity contribution is 0.990. The number of para-hydroxylation sites is 2. The van der Waals surface area contributed by atoms with Crippen LogP contribution in [0.3, 0.4) is 0 Å². The molecule has 0 radical (unpaired) electrons. The molecular weight excluding hydrogens is 500 g/mol. The lowest BCUT2D eigenvalue weighted by Gasteiger charge is -2.09. The van der Waals surface area contributed by atoms with Gasteiger partial charge in [-0.15, -0.1) is 0 Å². The van der Waals surface area contributed by atoms with Crippen molar-refractivity contribution in [3.05, 3.63) is 163 Å². The van der Waals surface area contributed by atoms with E-state index in [1.165, 1.54) is 12.1 Å². The molecule has 0 N–H and O–H groups in total. The molecule has 7 rings (SSSR count). The maximum absolute atomic E-state index is 13.7. The second-order valence-corrected chi connectivity index (χ2v) is 9.60. The summed E-state index contributed by atoms with van der Waals surface area (Å²) in [5, 5.41) is 0.411. The van der Waals surface area contributed by atoms with E-state index in [1.54, 1.807) is 24.3 Å². The zero-order chi connectivity index (χ0) is 27.4. The van der Waals surface area contributed by atoms with Crippen molar-refractivity contribution >= 4 is 21.5 Å². The van der Waals surface area contributed by atoms with Crippen LogP contribution in [0.1, 0.15) is 0 Å². The Morgan fingerprint density at radius 2 is 0.650 bits per heavy atom. The number of nitrogens with zero attached hydrogens (tertiary/aromatic N) is 2. The van der Waals surface area contributed by atoms with E-state index in [1.807, 2.05) is 84.9 Å². The van der Waals surface area contributed by atoms with Crippen LogP contribution in [0.2, 0.25) is 0 Å². The number of aromatic nitrogens is 2. The number of hydrogen-bond acceptors (Lipinski definition) is 4. The lowest BCUT2D eigenvalue weighted by atomic mass is 10.0. The highest BCUT2D eigenvalue weighted by atomic mass is 16.2. The van der Waals surface area contributed by atoms with E-state index in [2.05, 4.69) is 0 Å². The Morgan fingerprint density at radius 1 is 0.350 bits per heavy atom. The summed E-state index contributed by atoms with van der Waals surface area (Å²) in [4.78, 5) is 54.7. The van der Waals surface area contributed by atoms with Gasteiger partial charge in [0.05, 0.1) is 32.9 Å². The Labute approximate surface area is 227 Å². The third-order valence-corrected chi connectivity index (χ3v) is 7.35. The van der Waals surface area contributed by atoms with Gasteiger partial charge in [-0.2, -0.15) is 0 Å². The summed E-state index contributed by atoms with van der Waals surface area (Å²) < 4.78 is 2.25. The van der Waals surface area contributed by atoms with Gasteiger partial charge in [-0.05, 0) is 35.4 Å². The second kappa shape index (κ2) is 8.99. The summed E-state index contributed by atoms with van der Waals surface area (Å²) >= 11 is 0. The molecule has 7 aromatic rings. The number of hydrogen-bond donors (Lipinski definition) is 0. The fourth-order valence-corrected chi connectivity index (χ4v) is 5.47. The van der Waals surface area contributed by atoms with Gasteiger partial charge < -0.3 is 0 Å². The molecule has 0 bridgehead atoms. The van der Waals surface area contributed by atoms with Gasteiger partial charge in [0.25, 0.3) is 22.2 Å². The molecule has 0 spiro atoms. The van der Waals surface area contributed by atoms with Crippen molar-refractivity contribution in [2.75, 3.05) is 0 Å². The van der Waals surface area contributed by atoms with Crippen LogP contribution in [-0.2, 0) is 0 Å². The van der Waals surface area contributed by atoms with E-state index in [4.69, 9.17) is 0 Å². The average molecular weight is 521 g/mol. The van der Waals surface area contributed by atoms with Crippen molar-refractivity contribution in [2.45, 2.75) is 0 Å². The van der Waals surface area contributed by atoms with Gasteiger partial charge in [-0.25, -0.2) is 9.13 Å². The van der Waals surface area contributed by atoms with Crippen LogP contribution in [0.15, 0.2) is 141 Å². The normalized spacial score (nSPS) is 11.4. The van der Waals surface area contributed by atoms with Gasteiger partial charge >= 0.3 is 0 Å². The molecule has 0 aliphatic rings. The van der Waals surface area contributed by atoms with Gasteiger partial charge in [0.2, 0.25) is 0 Å². The molecule has 0 saturated carbocycles. The van der Waals surface area contributed by atoms with Crippen molar-refractivity contribution in [1.82, 2.24) is 9.13 Å². The molecule has 40 heavy (non-hydrogen) atoms. The lowest BCUT2D eigenvalue weighted by Crippen LogP contribution is -2.24. The van der Waals surface area contributed by atoms with E-state index >= 15 is 0 Å². The molecule has 6 heteroatoms. The molecule has 0 unspecified atom stereocenters. The van der Waals surface area contributed by atoms with E-state index in [-0.39, 0.29) is 21.5 Å². The molecule has 0 atom stereocenters. The molecule has 0 saturated heterocycles. The van der Waals surface area contributed by atoms with Gasteiger partial charge in [-0.1, -0.05) is 97.1 Å². The standard InChI is InChI=1S/C34H20N2O4/c37-31-25-19-27-28(34(40)36(33(27)39)30-18-10-8-16-24(30)22-13-5-2-6-14-22)20-26(25)32(38)35(31)29-17-9-7-15-23(29)21-11-3-1-4-12-21/h1-20H. The summed E-state index contributed by atoms with van der Waals surface area (Å²) in [7, 11) is 0. The molecule has 2 heterocycles. The summed E-state index contributed by atoms with van der Waals surface area (Å²) in [6.45, 7) is 0. The van der Waals surface area contributed by atoms with Crippen LogP contribution in [0.25, 0.3) is 55.2 Å². The second-order valence-electron chi connectivity index (χ2n) is 9.60. The van der Waals surface area contributed by atoms with Crippen molar-refractivity contribution < 1.29 is 0 Å². The van der Waals surface area contributed by atoms with Crippen LogP contribution >= 0.6 is 0 Å². The van der Waals surface area contributed by atoms with Gasteiger partial charge in [0, 0.05) is 11.1 Å². The highest BCUT2D eigenvalue weighted by Gasteiger charge is 2.23. The summed E-state index contributed by atoms with van der Waals surface area (Å²) in [5.41, 5.74) is 1.91. The third kappa shape index (κ3) is 3.43. The van der Waals surface area contributed by atoms with Crippen molar-refractivity contribution in [2.24, 2.45) is 0 Å². The Hall–Kier alpha value is -5.62. The zero-order valence-corrected chi connectivity index (χ0v) is 21.1. The van der Waals surface area contributed by atoms with Gasteiger partial charge in [-0.3, -0.25) is 19.2 Å². The summed E-state index contributed by atoms with van der Waals surface area (Å²) in [6, 6.07) is 36.1. The van der Waals surface area contributed by atoms with Gasteiger partial charge in [0.1, 0.15) is 0 Å². The topological polar surface area (TPSA) is 78.1 Å². The van der Waals surface area contributed by atoms with Gasteiger partial charge in [0.15, 0.2) is 0 Å². The Kier molecular flexibility index (Phi) is 5.28. The predicted octanol–water partition coefficient (Wildman–Crippen LogP) is 5.22. The fourth-order valence-electron chi connectivity index (χ4n) is 5.47. The van der Waals surface area contributed by atoms with E-state index in [0.717, 1.165) is 31.4 Å². The Bertz CT molecular complexity index is 2050. The molecule has 0 fully saturated rings. The molecule has 0 aliphatic heterocycles. The first-order valence-corrected chi connectivity index (χ1v) is 12.8. The molecular formula is C34H20N2O4. The zero-order valence-electron chi connectivity index (χ0n) is 21.1. The number of fused-ring (bicyclic) bond motifs is 2. The van der Waals surface area contributed by atoms with Crippen LogP contribution in [0.4, 0.5) is 0 Å². The molecule has 0 amide bonds. The van der Waals surface area contributed by atoms with Crippen LogP contribution in [0, 0.1) is 0 Å². The van der Waals surface area contributed by atoms with Crippen molar-refractivity contribution in [3.8, 4) is 33.6 Å². The Balaban J connectivity index is 1.48. The maximum atomic E-state index is 13.7. The van der Waals surface area contributed by atoms with E-state index in [0.29, 0.717) is 11.4 Å². The van der Waals surface area contributed by atoms with Crippen molar-refractivity contribution in [3.63, 3.8) is 0 Å². The van der Waals surface area contributed by atoms with E-state index in [9.17, 15) is 19.2 Å². The number of rotatable bonds is 4. The number of benzene rings is 5. The SMILES string of the molecule is O=c1c2cc3c(=O)n(-c4ccccc4-c4ccccc4)c(=O)c3cc2c(=O)n1-c1ccccc1-c1ccccc1. The molecule has 190 valence electrons. The summed E-state index contributed by atoms with van der Waals surface area (Å²) in [5.74, 6) is 0. The van der Waals surface area contributed by atoms with Crippen molar-refractivity contribution in [1.29, 1.82) is 0 Å².